The number of aromatic nitrogens is 1. The maximum Gasteiger partial charge on any atom is 0.255 e. The van der Waals surface area contributed by atoms with Gasteiger partial charge in [0.25, 0.3) is 5.91 Å². The first-order valence-electron chi connectivity index (χ1n) is 9.33. The average Bonchev–Trinajstić information content (AvgIpc) is 3.20. The van der Waals surface area contributed by atoms with Crippen molar-refractivity contribution in [1.29, 1.82) is 0 Å². The lowest BCUT2D eigenvalue weighted by molar-refractivity contribution is 0.0643. The highest BCUT2D eigenvalue weighted by Crippen LogP contribution is 2.32. The van der Waals surface area contributed by atoms with Crippen LogP contribution in [0.5, 0.6) is 11.5 Å². The number of amides is 1. The summed E-state index contributed by atoms with van der Waals surface area (Å²) in [7, 11) is 0. The standard InChI is InChI=1S/C20H24N4O3/c1-2-23-7-9-24(10-8-23)20(25)16-4-6-19(22-13-16)21-12-15-3-5-17-18(11-15)27-14-26-17/h3-6,11,13H,2,7-10,12,14H2,1H3,(H,21,22). The van der Waals surface area contributed by atoms with E-state index in [0.29, 0.717) is 12.1 Å². The summed E-state index contributed by atoms with van der Waals surface area (Å²) in [6, 6.07) is 9.55. The summed E-state index contributed by atoms with van der Waals surface area (Å²) in [4.78, 5) is 21.3. The van der Waals surface area contributed by atoms with Crippen LogP contribution >= 0.6 is 0 Å². The number of benzene rings is 1. The van der Waals surface area contributed by atoms with E-state index in [2.05, 4.69) is 22.1 Å². The molecule has 2 aromatic rings. The van der Waals surface area contributed by atoms with Crippen LogP contribution in [-0.4, -0.2) is 60.2 Å². The number of fused-ring (bicyclic) bond motifs is 1. The van der Waals surface area contributed by atoms with Gasteiger partial charge >= 0.3 is 0 Å². The third-order valence-corrected chi connectivity index (χ3v) is 5.03. The van der Waals surface area contributed by atoms with Crippen LogP contribution in [0.1, 0.15) is 22.8 Å². The van der Waals surface area contributed by atoms with Gasteiger partial charge < -0.3 is 24.6 Å². The molecule has 142 valence electrons. The molecule has 7 heteroatoms. The number of piperazine rings is 1. The Morgan fingerprint density at radius 1 is 1.11 bits per heavy atom. The second kappa shape index (κ2) is 7.84. The zero-order chi connectivity index (χ0) is 18.6. The van der Waals surface area contributed by atoms with E-state index < -0.39 is 0 Å². The monoisotopic (exact) mass is 368 g/mol. The molecule has 4 rings (SSSR count). The topological polar surface area (TPSA) is 66.9 Å². The summed E-state index contributed by atoms with van der Waals surface area (Å²) in [6.45, 7) is 7.50. The zero-order valence-corrected chi connectivity index (χ0v) is 15.5. The van der Waals surface area contributed by atoms with Crippen LogP contribution in [0.25, 0.3) is 0 Å². The number of likely N-dealkylation sites (N-methyl/N-ethyl adjacent to an activating group) is 1. The molecule has 1 saturated heterocycles. The molecule has 0 spiro atoms. The highest BCUT2D eigenvalue weighted by molar-refractivity contribution is 5.94. The Kier molecular flexibility index (Phi) is 5.11. The van der Waals surface area contributed by atoms with E-state index in [1.807, 2.05) is 35.2 Å². The molecule has 2 aliphatic heterocycles. The summed E-state index contributed by atoms with van der Waals surface area (Å²) < 4.78 is 10.7. The summed E-state index contributed by atoms with van der Waals surface area (Å²) in [5, 5.41) is 3.27. The molecule has 0 atom stereocenters. The van der Waals surface area contributed by atoms with Crippen LogP contribution < -0.4 is 14.8 Å². The van der Waals surface area contributed by atoms with Gasteiger partial charge in [0.15, 0.2) is 11.5 Å². The largest absolute Gasteiger partial charge is 0.454 e. The number of carbonyl (C=O) groups is 1. The smallest absolute Gasteiger partial charge is 0.255 e. The Morgan fingerprint density at radius 3 is 2.67 bits per heavy atom. The van der Waals surface area contributed by atoms with Crippen molar-refractivity contribution in [3.8, 4) is 11.5 Å². The molecule has 0 radical (unpaired) electrons. The number of pyridine rings is 1. The Hall–Kier alpha value is -2.80. The number of carbonyl (C=O) groups excluding carboxylic acids is 1. The van der Waals surface area contributed by atoms with E-state index in [9.17, 15) is 4.79 Å². The molecule has 1 aromatic heterocycles. The first kappa shape index (κ1) is 17.6. The quantitative estimate of drug-likeness (QED) is 0.873. The van der Waals surface area contributed by atoms with Crippen LogP contribution in [0.3, 0.4) is 0 Å². The van der Waals surface area contributed by atoms with Crippen molar-refractivity contribution in [2.75, 3.05) is 44.8 Å². The molecule has 0 bridgehead atoms. The fourth-order valence-corrected chi connectivity index (χ4v) is 3.32. The molecule has 1 fully saturated rings. The molecule has 1 N–H and O–H groups in total. The van der Waals surface area contributed by atoms with Gasteiger partial charge in [-0.2, -0.15) is 0 Å². The highest BCUT2D eigenvalue weighted by Gasteiger charge is 2.21. The van der Waals surface area contributed by atoms with E-state index in [1.165, 1.54) is 0 Å². The van der Waals surface area contributed by atoms with E-state index in [0.717, 1.165) is 55.6 Å². The Balaban J connectivity index is 1.33. The van der Waals surface area contributed by atoms with Crippen molar-refractivity contribution < 1.29 is 14.3 Å². The third-order valence-electron chi connectivity index (χ3n) is 5.03. The number of anilines is 1. The minimum absolute atomic E-state index is 0.0561. The lowest BCUT2D eigenvalue weighted by atomic mass is 10.2. The van der Waals surface area contributed by atoms with Gasteiger partial charge in [-0.25, -0.2) is 4.98 Å². The maximum atomic E-state index is 12.6. The van der Waals surface area contributed by atoms with Gasteiger partial charge in [-0.1, -0.05) is 13.0 Å². The van der Waals surface area contributed by atoms with Crippen LogP contribution in [0.4, 0.5) is 5.82 Å². The molecule has 1 aromatic carbocycles. The van der Waals surface area contributed by atoms with Gasteiger partial charge in [0, 0.05) is 38.9 Å². The van der Waals surface area contributed by atoms with Gasteiger partial charge in [0.1, 0.15) is 5.82 Å². The third kappa shape index (κ3) is 3.98. The fraction of sp³-hybridized carbons (Fsp3) is 0.400. The molecular formula is C20H24N4O3. The molecule has 0 saturated carbocycles. The highest BCUT2D eigenvalue weighted by atomic mass is 16.7. The first-order valence-corrected chi connectivity index (χ1v) is 9.33. The fourth-order valence-electron chi connectivity index (χ4n) is 3.32. The molecule has 1 amide bonds. The molecule has 0 unspecified atom stereocenters. The van der Waals surface area contributed by atoms with E-state index in [4.69, 9.17) is 9.47 Å². The SMILES string of the molecule is CCN1CCN(C(=O)c2ccc(NCc3ccc4c(c3)OCO4)nc2)CC1. The number of rotatable bonds is 5. The number of hydrogen-bond acceptors (Lipinski definition) is 6. The number of nitrogens with one attached hydrogen (secondary N) is 1. The van der Waals surface area contributed by atoms with Crippen molar-refractivity contribution in [1.82, 2.24) is 14.8 Å². The van der Waals surface area contributed by atoms with E-state index >= 15 is 0 Å². The maximum absolute atomic E-state index is 12.6. The van der Waals surface area contributed by atoms with Crippen molar-refractivity contribution in [3.63, 3.8) is 0 Å². The molecular weight excluding hydrogens is 344 g/mol. The van der Waals surface area contributed by atoms with Crippen molar-refractivity contribution >= 4 is 11.7 Å². The van der Waals surface area contributed by atoms with Crippen LogP contribution in [0, 0.1) is 0 Å². The Labute approximate surface area is 158 Å². The first-order chi connectivity index (χ1) is 13.2. The number of nitrogens with zero attached hydrogens (tertiary/aromatic N) is 3. The number of hydrogen-bond donors (Lipinski definition) is 1. The van der Waals surface area contributed by atoms with Crippen LogP contribution in [0.2, 0.25) is 0 Å². The Bertz CT molecular complexity index is 801. The minimum Gasteiger partial charge on any atom is -0.454 e. The summed E-state index contributed by atoms with van der Waals surface area (Å²) >= 11 is 0. The predicted octanol–water partition coefficient (Wildman–Crippen LogP) is 2.20. The van der Waals surface area contributed by atoms with Gasteiger partial charge in [-0.15, -0.1) is 0 Å². The van der Waals surface area contributed by atoms with Crippen molar-refractivity contribution in [2.24, 2.45) is 0 Å². The second-order valence-corrected chi connectivity index (χ2v) is 6.70. The molecule has 27 heavy (non-hydrogen) atoms. The van der Waals surface area contributed by atoms with Gasteiger partial charge in [-0.05, 0) is 36.4 Å². The lowest BCUT2D eigenvalue weighted by Gasteiger charge is -2.34. The van der Waals surface area contributed by atoms with Gasteiger partial charge in [0.05, 0.1) is 5.56 Å². The van der Waals surface area contributed by atoms with Gasteiger partial charge in [-0.3, -0.25) is 4.79 Å². The molecule has 2 aliphatic rings. The van der Waals surface area contributed by atoms with Crippen LogP contribution in [-0.2, 0) is 6.54 Å². The van der Waals surface area contributed by atoms with Gasteiger partial charge in [0.2, 0.25) is 6.79 Å². The van der Waals surface area contributed by atoms with Crippen molar-refractivity contribution in [2.45, 2.75) is 13.5 Å². The van der Waals surface area contributed by atoms with Crippen LogP contribution in [0.15, 0.2) is 36.5 Å². The second-order valence-electron chi connectivity index (χ2n) is 6.70. The summed E-state index contributed by atoms with van der Waals surface area (Å²) in [5.74, 6) is 2.34. The predicted molar refractivity (Wildman–Crippen MR) is 102 cm³/mol. The Morgan fingerprint density at radius 2 is 1.93 bits per heavy atom. The molecule has 0 aliphatic carbocycles. The molecule has 7 nitrogen and oxygen atoms in total. The summed E-state index contributed by atoms with van der Waals surface area (Å²) in [5.41, 5.74) is 1.71. The van der Waals surface area contributed by atoms with Crippen molar-refractivity contribution in [3.05, 3.63) is 47.7 Å². The average molecular weight is 368 g/mol. The lowest BCUT2D eigenvalue weighted by Crippen LogP contribution is -2.48. The normalized spacial score (nSPS) is 16.4. The van der Waals surface area contributed by atoms with E-state index in [1.54, 1.807) is 6.20 Å². The van der Waals surface area contributed by atoms with E-state index in [-0.39, 0.29) is 12.7 Å². The zero-order valence-electron chi connectivity index (χ0n) is 15.5. The number of ether oxygens (including phenoxy) is 2. The minimum atomic E-state index is 0.0561. The molecule has 3 heterocycles. The summed E-state index contributed by atoms with van der Waals surface area (Å²) in [6.07, 6.45) is 1.65.